The molecule has 1 unspecified atom stereocenters. The van der Waals surface area contributed by atoms with Crippen molar-refractivity contribution in [3.8, 4) is 0 Å². The van der Waals surface area contributed by atoms with Gasteiger partial charge in [-0.1, -0.05) is 42.5 Å². The molecule has 1 aromatic heterocycles. The summed E-state index contributed by atoms with van der Waals surface area (Å²) in [5.74, 6) is 0.707. The van der Waals surface area contributed by atoms with Gasteiger partial charge in [0.05, 0.1) is 6.26 Å². The number of carbonyl (C=O) groups excluding carboxylic acids is 1. The number of furan rings is 1. The first-order valence-corrected chi connectivity index (χ1v) is 7.87. The van der Waals surface area contributed by atoms with Gasteiger partial charge in [-0.2, -0.15) is 0 Å². The van der Waals surface area contributed by atoms with E-state index in [9.17, 15) is 9.90 Å². The minimum atomic E-state index is -0.692. The van der Waals surface area contributed by atoms with Crippen LogP contribution < -0.4 is 5.32 Å². The molecule has 122 valence electrons. The Morgan fingerprint density at radius 2 is 1.67 bits per heavy atom. The van der Waals surface area contributed by atoms with E-state index in [0.717, 1.165) is 16.9 Å². The minimum absolute atomic E-state index is 0.137. The van der Waals surface area contributed by atoms with Gasteiger partial charge < -0.3 is 14.8 Å². The van der Waals surface area contributed by atoms with Crippen LogP contribution in [0.5, 0.6) is 0 Å². The molecule has 3 aromatic rings. The van der Waals surface area contributed by atoms with Gasteiger partial charge in [-0.15, -0.1) is 0 Å². The number of amides is 1. The number of hydrogen-bond donors (Lipinski definition) is 2. The van der Waals surface area contributed by atoms with Gasteiger partial charge >= 0.3 is 0 Å². The molecule has 0 bridgehead atoms. The van der Waals surface area contributed by atoms with Gasteiger partial charge in [-0.3, -0.25) is 4.79 Å². The average Bonchev–Trinajstić information content (AvgIpc) is 3.15. The highest BCUT2D eigenvalue weighted by Crippen LogP contribution is 2.21. The zero-order valence-electron chi connectivity index (χ0n) is 13.2. The van der Waals surface area contributed by atoms with Gasteiger partial charge in [0.1, 0.15) is 11.9 Å². The Bertz CT molecular complexity index is 764. The molecule has 4 heteroatoms. The molecular formula is C20H19NO3. The van der Waals surface area contributed by atoms with Crippen molar-refractivity contribution in [2.45, 2.75) is 12.5 Å². The SMILES string of the molecule is O=C(NCCc1ccco1)c1ccc(C(O)c2ccccc2)cc1. The van der Waals surface area contributed by atoms with Crippen molar-refractivity contribution in [2.24, 2.45) is 0 Å². The number of nitrogens with one attached hydrogen (secondary N) is 1. The van der Waals surface area contributed by atoms with Crippen LogP contribution in [-0.4, -0.2) is 17.6 Å². The third kappa shape index (κ3) is 3.91. The van der Waals surface area contributed by atoms with Gasteiger partial charge in [0.25, 0.3) is 5.91 Å². The Morgan fingerprint density at radius 3 is 2.33 bits per heavy atom. The summed E-state index contributed by atoms with van der Waals surface area (Å²) >= 11 is 0. The van der Waals surface area contributed by atoms with E-state index in [1.807, 2.05) is 42.5 Å². The fourth-order valence-corrected chi connectivity index (χ4v) is 2.50. The quantitative estimate of drug-likeness (QED) is 0.732. The minimum Gasteiger partial charge on any atom is -0.469 e. The number of aliphatic hydroxyl groups is 1. The Balaban J connectivity index is 1.58. The highest BCUT2D eigenvalue weighted by atomic mass is 16.3. The van der Waals surface area contributed by atoms with Gasteiger partial charge in [0.2, 0.25) is 0 Å². The van der Waals surface area contributed by atoms with Crippen molar-refractivity contribution in [1.82, 2.24) is 5.32 Å². The first-order chi connectivity index (χ1) is 11.7. The predicted molar refractivity (Wildman–Crippen MR) is 91.7 cm³/mol. The number of carbonyl (C=O) groups is 1. The molecule has 0 fully saturated rings. The first-order valence-electron chi connectivity index (χ1n) is 7.87. The Kier molecular flexibility index (Phi) is 5.08. The third-order valence-electron chi connectivity index (χ3n) is 3.84. The van der Waals surface area contributed by atoms with E-state index in [2.05, 4.69) is 5.32 Å². The standard InChI is InChI=1S/C20H19NO3/c22-19(15-5-2-1-3-6-15)16-8-10-17(11-9-16)20(23)21-13-12-18-7-4-14-24-18/h1-11,14,19,22H,12-13H2,(H,21,23). The highest BCUT2D eigenvalue weighted by Gasteiger charge is 2.11. The van der Waals surface area contributed by atoms with E-state index in [1.54, 1.807) is 30.5 Å². The summed E-state index contributed by atoms with van der Waals surface area (Å²) in [6.07, 6.45) is 1.58. The van der Waals surface area contributed by atoms with Crippen molar-refractivity contribution >= 4 is 5.91 Å². The van der Waals surface area contributed by atoms with E-state index in [0.29, 0.717) is 18.5 Å². The van der Waals surface area contributed by atoms with E-state index in [1.165, 1.54) is 0 Å². The molecule has 0 aliphatic carbocycles. The molecule has 1 heterocycles. The molecule has 0 radical (unpaired) electrons. The smallest absolute Gasteiger partial charge is 0.251 e. The summed E-state index contributed by atoms with van der Waals surface area (Å²) in [4.78, 5) is 12.1. The zero-order chi connectivity index (χ0) is 16.8. The number of rotatable bonds is 6. The largest absolute Gasteiger partial charge is 0.469 e. The summed E-state index contributed by atoms with van der Waals surface area (Å²) in [6.45, 7) is 0.515. The number of aliphatic hydroxyl groups excluding tert-OH is 1. The Morgan fingerprint density at radius 1 is 0.958 bits per heavy atom. The molecule has 1 amide bonds. The van der Waals surface area contributed by atoms with E-state index in [-0.39, 0.29) is 5.91 Å². The molecule has 0 saturated heterocycles. The molecule has 2 N–H and O–H groups in total. The van der Waals surface area contributed by atoms with E-state index in [4.69, 9.17) is 4.42 Å². The van der Waals surface area contributed by atoms with Crippen LogP contribution in [-0.2, 0) is 6.42 Å². The molecular weight excluding hydrogens is 302 g/mol. The second kappa shape index (κ2) is 7.62. The van der Waals surface area contributed by atoms with Gasteiger partial charge in [-0.05, 0) is 35.4 Å². The molecule has 0 aliphatic heterocycles. The summed E-state index contributed by atoms with van der Waals surface area (Å²) in [5, 5.41) is 13.2. The summed E-state index contributed by atoms with van der Waals surface area (Å²) in [7, 11) is 0. The molecule has 2 aromatic carbocycles. The van der Waals surface area contributed by atoms with Crippen LogP contribution in [0.1, 0.15) is 33.3 Å². The van der Waals surface area contributed by atoms with Gasteiger partial charge in [0.15, 0.2) is 0 Å². The molecule has 0 saturated carbocycles. The monoisotopic (exact) mass is 321 g/mol. The molecule has 0 aliphatic rings. The van der Waals surface area contributed by atoms with E-state index >= 15 is 0 Å². The van der Waals surface area contributed by atoms with Crippen molar-refractivity contribution in [3.05, 3.63) is 95.4 Å². The Hall–Kier alpha value is -2.85. The summed E-state index contributed by atoms with van der Waals surface area (Å²) < 4.78 is 5.23. The molecule has 3 rings (SSSR count). The van der Waals surface area contributed by atoms with Crippen molar-refractivity contribution < 1.29 is 14.3 Å². The normalized spacial score (nSPS) is 11.9. The highest BCUT2D eigenvalue weighted by molar-refractivity contribution is 5.94. The van der Waals surface area contributed by atoms with Crippen LogP contribution in [0, 0.1) is 0 Å². The van der Waals surface area contributed by atoms with Crippen LogP contribution in [0.4, 0.5) is 0 Å². The van der Waals surface area contributed by atoms with E-state index < -0.39 is 6.10 Å². The van der Waals surface area contributed by atoms with Crippen molar-refractivity contribution in [1.29, 1.82) is 0 Å². The topological polar surface area (TPSA) is 62.5 Å². The summed E-state index contributed by atoms with van der Waals surface area (Å²) in [6, 6.07) is 20.1. The molecule has 1 atom stereocenters. The maximum Gasteiger partial charge on any atom is 0.251 e. The van der Waals surface area contributed by atoms with Crippen LogP contribution >= 0.6 is 0 Å². The lowest BCUT2D eigenvalue weighted by atomic mass is 10.0. The second-order valence-corrected chi connectivity index (χ2v) is 5.52. The number of benzene rings is 2. The zero-order valence-corrected chi connectivity index (χ0v) is 13.2. The van der Waals surface area contributed by atoms with Crippen LogP contribution in [0.3, 0.4) is 0 Å². The van der Waals surface area contributed by atoms with Crippen molar-refractivity contribution in [3.63, 3.8) is 0 Å². The van der Waals surface area contributed by atoms with Crippen LogP contribution in [0.25, 0.3) is 0 Å². The lowest BCUT2D eigenvalue weighted by Gasteiger charge is -2.12. The lowest BCUT2D eigenvalue weighted by molar-refractivity contribution is 0.0953. The van der Waals surface area contributed by atoms with Crippen LogP contribution in [0.15, 0.2) is 77.4 Å². The summed E-state index contributed by atoms with van der Waals surface area (Å²) in [5.41, 5.74) is 2.15. The van der Waals surface area contributed by atoms with Gasteiger partial charge in [-0.25, -0.2) is 0 Å². The lowest BCUT2D eigenvalue weighted by Crippen LogP contribution is -2.25. The Labute approximate surface area is 140 Å². The first kappa shape index (κ1) is 16.0. The molecule has 4 nitrogen and oxygen atoms in total. The van der Waals surface area contributed by atoms with Crippen molar-refractivity contribution in [2.75, 3.05) is 6.54 Å². The third-order valence-corrected chi connectivity index (χ3v) is 3.84. The second-order valence-electron chi connectivity index (χ2n) is 5.52. The maximum absolute atomic E-state index is 12.1. The molecule has 24 heavy (non-hydrogen) atoms. The molecule has 0 spiro atoms. The van der Waals surface area contributed by atoms with Crippen LogP contribution in [0.2, 0.25) is 0 Å². The fourth-order valence-electron chi connectivity index (χ4n) is 2.50. The number of hydrogen-bond acceptors (Lipinski definition) is 3. The predicted octanol–water partition coefficient (Wildman–Crippen LogP) is 3.33. The average molecular weight is 321 g/mol. The van der Waals surface area contributed by atoms with Gasteiger partial charge in [0, 0.05) is 18.5 Å². The fraction of sp³-hybridized carbons (Fsp3) is 0.150. The maximum atomic E-state index is 12.1.